The predicted octanol–water partition coefficient (Wildman–Crippen LogP) is 5.01. The van der Waals surface area contributed by atoms with Gasteiger partial charge in [-0.1, -0.05) is 48.5 Å². The van der Waals surface area contributed by atoms with E-state index in [1.807, 2.05) is 4.90 Å². The summed E-state index contributed by atoms with van der Waals surface area (Å²) in [5, 5.41) is 0.163. The van der Waals surface area contributed by atoms with Gasteiger partial charge in [-0.3, -0.25) is 9.78 Å². The van der Waals surface area contributed by atoms with E-state index >= 15 is 0 Å². The van der Waals surface area contributed by atoms with E-state index in [-0.39, 0.29) is 26.6 Å². The first-order chi connectivity index (χ1) is 14.3. The lowest BCUT2D eigenvalue weighted by atomic mass is 9.75. The second-order valence-corrected chi connectivity index (χ2v) is 11.0. The first-order valence-corrected chi connectivity index (χ1v) is 12.7. The standard InChI is InChI=1S/C22H24Cl2N2O3S/c23-19-6-3-7-20(24)21(19)30(28,29)14-15-10-18(12-25-11-15)22(27)26-9-8-16-4-1-2-5-17(16)13-26/h3,6-7,10-12,16-17H,1-2,4-5,8-9,13-14H2/t16-,17-/m1/s1. The molecule has 1 aromatic heterocycles. The number of amides is 1. The van der Waals surface area contributed by atoms with Crippen LogP contribution >= 0.6 is 23.2 Å². The molecule has 160 valence electrons. The Morgan fingerprint density at radius 3 is 2.50 bits per heavy atom. The summed E-state index contributed by atoms with van der Waals surface area (Å²) in [7, 11) is -3.79. The summed E-state index contributed by atoms with van der Waals surface area (Å²) in [4.78, 5) is 19.0. The van der Waals surface area contributed by atoms with Crippen LogP contribution in [0.1, 0.15) is 48.0 Å². The maximum Gasteiger partial charge on any atom is 0.255 e. The van der Waals surface area contributed by atoms with E-state index < -0.39 is 9.84 Å². The smallest absolute Gasteiger partial charge is 0.255 e. The average molecular weight is 467 g/mol. The zero-order chi connectivity index (χ0) is 21.3. The molecule has 5 nitrogen and oxygen atoms in total. The highest BCUT2D eigenvalue weighted by Crippen LogP contribution is 2.36. The summed E-state index contributed by atoms with van der Waals surface area (Å²) in [6.07, 6.45) is 9.01. The van der Waals surface area contributed by atoms with Crippen molar-refractivity contribution in [2.75, 3.05) is 13.1 Å². The van der Waals surface area contributed by atoms with E-state index in [1.165, 1.54) is 50.2 Å². The van der Waals surface area contributed by atoms with Crippen LogP contribution in [-0.4, -0.2) is 37.3 Å². The molecule has 0 N–H and O–H groups in total. The summed E-state index contributed by atoms with van der Waals surface area (Å²) in [5.74, 6) is 0.907. The number of carbonyl (C=O) groups is 1. The lowest BCUT2D eigenvalue weighted by molar-refractivity contribution is 0.0520. The van der Waals surface area contributed by atoms with Gasteiger partial charge in [0.05, 0.1) is 21.4 Å². The normalized spacial score (nSPS) is 21.9. The molecule has 8 heteroatoms. The molecule has 2 aliphatic rings. The third-order valence-electron chi connectivity index (χ3n) is 6.21. The number of nitrogens with zero attached hydrogens (tertiary/aromatic N) is 2. The number of fused-ring (bicyclic) bond motifs is 1. The Morgan fingerprint density at radius 1 is 1.07 bits per heavy atom. The topological polar surface area (TPSA) is 67.3 Å². The second-order valence-electron chi connectivity index (χ2n) is 8.24. The maximum atomic E-state index is 13.1. The first kappa shape index (κ1) is 21.6. The highest BCUT2D eigenvalue weighted by Gasteiger charge is 2.33. The van der Waals surface area contributed by atoms with Crippen LogP contribution in [0, 0.1) is 11.8 Å². The number of sulfone groups is 1. The van der Waals surface area contributed by atoms with E-state index in [9.17, 15) is 13.2 Å². The number of pyridine rings is 1. The van der Waals surface area contributed by atoms with Gasteiger partial charge in [0.1, 0.15) is 4.90 Å². The first-order valence-electron chi connectivity index (χ1n) is 10.2. The quantitative estimate of drug-likeness (QED) is 0.634. The van der Waals surface area contributed by atoms with Gasteiger partial charge in [0, 0.05) is 25.5 Å². The Hall–Kier alpha value is -1.63. The van der Waals surface area contributed by atoms with Crippen molar-refractivity contribution < 1.29 is 13.2 Å². The Kier molecular flexibility index (Phi) is 6.37. The Balaban J connectivity index is 1.52. The van der Waals surface area contributed by atoms with Gasteiger partial charge in [-0.25, -0.2) is 8.42 Å². The Bertz CT molecular complexity index is 1040. The molecule has 2 atom stereocenters. The zero-order valence-corrected chi connectivity index (χ0v) is 18.9. The number of benzene rings is 1. The fourth-order valence-corrected chi connectivity index (χ4v) is 7.30. The van der Waals surface area contributed by atoms with Crippen molar-refractivity contribution in [2.45, 2.75) is 42.8 Å². The van der Waals surface area contributed by atoms with Gasteiger partial charge in [-0.05, 0) is 48.4 Å². The van der Waals surface area contributed by atoms with Gasteiger partial charge in [-0.15, -0.1) is 0 Å². The summed E-state index contributed by atoms with van der Waals surface area (Å²) >= 11 is 12.2. The van der Waals surface area contributed by atoms with Gasteiger partial charge in [0.15, 0.2) is 9.84 Å². The molecule has 0 unspecified atom stereocenters. The minimum absolute atomic E-state index is 0.0815. The molecule has 0 bridgehead atoms. The van der Waals surface area contributed by atoms with Crippen LogP contribution in [0.15, 0.2) is 41.6 Å². The highest BCUT2D eigenvalue weighted by molar-refractivity contribution is 7.90. The molecule has 4 rings (SSSR count). The summed E-state index contributed by atoms with van der Waals surface area (Å²) in [6, 6.07) is 6.20. The number of piperidine rings is 1. The van der Waals surface area contributed by atoms with Crippen LogP contribution in [0.5, 0.6) is 0 Å². The third kappa shape index (κ3) is 4.51. The SMILES string of the molecule is O=C(c1cncc(CS(=O)(=O)c2c(Cl)cccc2Cl)c1)N1CC[C@H]2CCCC[C@@H]2C1. The molecule has 1 aliphatic heterocycles. The number of likely N-dealkylation sites (tertiary alicyclic amines) is 1. The molecule has 2 aromatic rings. The summed E-state index contributed by atoms with van der Waals surface area (Å²) in [5.41, 5.74) is 0.853. The van der Waals surface area contributed by atoms with Gasteiger partial charge >= 0.3 is 0 Å². The van der Waals surface area contributed by atoms with Crippen LogP contribution in [-0.2, 0) is 15.6 Å². The van der Waals surface area contributed by atoms with E-state index in [0.29, 0.717) is 17.0 Å². The molecule has 1 saturated heterocycles. The summed E-state index contributed by atoms with van der Waals surface area (Å²) < 4.78 is 25.8. The van der Waals surface area contributed by atoms with Crippen LogP contribution in [0.25, 0.3) is 0 Å². The summed E-state index contributed by atoms with van der Waals surface area (Å²) in [6.45, 7) is 1.53. The monoisotopic (exact) mass is 466 g/mol. The van der Waals surface area contributed by atoms with E-state index in [2.05, 4.69) is 4.98 Å². The largest absolute Gasteiger partial charge is 0.338 e. The van der Waals surface area contributed by atoms with Gasteiger partial charge in [0.2, 0.25) is 0 Å². The van der Waals surface area contributed by atoms with Crippen molar-refractivity contribution in [3.63, 3.8) is 0 Å². The minimum atomic E-state index is -3.79. The van der Waals surface area contributed by atoms with Crippen LogP contribution in [0.3, 0.4) is 0 Å². The molecule has 30 heavy (non-hydrogen) atoms. The van der Waals surface area contributed by atoms with Crippen LogP contribution in [0.2, 0.25) is 10.0 Å². The van der Waals surface area contributed by atoms with E-state index in [1.54, 1.807) is 12.1 Å². The average Bonchev–Trinajstić information content (AvgIpc) is 2.72. The van der Waals surface area contributed by atoms with Crippen molar-refractivity contribution in [3.05, 3.63) is 57.8 Å². The zero-order valence-electron chi connectivity index (χ0n) is 16.6. The molecular weight excluding hydrogens is 443 g/mol. The number of carbonyl (C=O) groups excluding carboxylic acids is 1. The second kappa shape index (κ2) is 8.85. The Morgan fingerprint density at radius 2 is 1.77 bits per heavy atom. The maximum absolute atomic E-state index is 13.1. The predicted molar refractivity (Wildman–Crippen MR) is 118 cm³/mol. The number of aromatic nitrogens is 1. The molecule has 2 heterocycles. The molecule has 1 amide bonds. The number of rotatable bonds is 4. The molecule has 1 aromatic carbocycles. The number of halogens is 2. The van der Waals surface area contributed by atoms with Crippen LogP contribution in [0.4, 0.5) is 0 Å². The van der Waals surface area contributed by atoms with Crippen molar-refractivity contribution in [2.24, 2.45) is 11.8 Å². The lowest BCUT2D eigenvalue weighted by Gasteiger charge is -2.41. The molecule has 1 aliphatic carbocycles. The molecular formula is C22H24Cl2N2O3S. The van der Waals surface area contributed by atoms with Crippen molar-refractivity contribution >= 4 is 38.9 Å². The third-order valence-corrected chi connectivity index (χ3v) is 8.84. The minimum Gasteiger partial charge on any atom is -0.338 e. The van der Waals surface area contributed by atoms with Crippen molar-refractivity contribution in [3.8, 4) is 0 Å². The van der Waals surface area contributed by atoms with Crippen molar-refractivity contribution in [1.82, 2.24) is 9.88 Å². The van der Waals surface area contributed by atoms with Gasteiger partial charge in [-0.2, -0.15) is 0 Å². The molecule has 2 fully saturated rings. The van der Waals surface area contributed by atoms with E-state index in [4.69, 9.17) is 23.2 Å². The number of hydrogen-bond donors (Lipinski definition) is 0. The fourth-order valence-electron chi connectivity index (χ4n) is 4.72. The number of hydrogen-bond acceptors (Lipinski definition) is 4. The van der Waals surface area contributed by atoms with Gasteiger partial charge < -0.3 is 4.90 Å². The highest BCUT2D eigenvalue weighted by atomic mass is 35.5. The van der Waals surface area contributed by atoms with Gasteiger partial charge in [0.25, 0.3) is 5.91 Å². The Labute approximate surface area is 187 Å². The van der Waals surface area contributed by atoms with Crippen molar-refractivity contribution in [1.29, 1.82) is 0 Å². The molecule has 0 spiro atoms. The van der Waals surface area contributed by atoms with E-state index in [0.717, 1.165) is 25.4 Å². The molecule has 0 radical (unpaired) electrons. The van der Waals surface area contributed by atoms with Crippen LogP contribution < -0.4 is 0 Å². The fraction of sp³-hybridized carbons (Fsp3) is 0.455. The lowest BCUT2D eigenvalue weighted by Crippen LogP contribution is -2.44. The molecule has 1 saturated carbocycles.